The number of aromatic nitrogens is 2. The van der Waals surface area contributed by atoms with Gasteiger partial charge in [0.05, 0.1) is 45.2 Å². The smallest absolute Gasteiger partial charge is 0.410 e. The van der Waals surface area contributed by atoms with E-state index in [-0.39, 0.29) is 6.09 Å². The quantitative estimate of drug-likeness (QED) is 0.420. The zero-order chi connectivity index (χ0) is 22.0. The highest BCUT2D eigenvalue weighted by Gasteiger charge is 2.27. The summed E-state index contributed by atoms with van der Waals surface area (Å²) >= 11 is 0. The van der Waals surface area contributed by atoms with Gasteiger partial charge >= 0.3 is 12.1 Å². The highest BCUT2D eigenvalue weighted by atomic mass is 16.6. The summed E-state index contributed by atoms with van der Waals surface area (Å²) in [6, 6.07) is 0. The first-order valence-electron chi connectivity index (χ1n) is 10.5. The van der Waals surface area contributed by atoms with E-state index in [0.717, 1.165) is 32.4 Å². The molecule has 0 radical (unpaired) electrons. The van der Waals surface area contributed by atoms with Gasteiger partial charge in [-0.2, -0.15) is 5.10 Å². The molecule has 1 atom stereocenters. The molecule has 0 unspecified atom stereocenters. The molecule has 1 aromatic rings. The van der Waals surface area contributed by atoms with Crippen molar-refractivity contribution in [3.05, 3.63) is 18.0 Å². The lowest BCUT2D eigenvalue weighted by molar-refractivity contribution is 0.0111. The Morgan fingerprint density at radius 2 is 1.90 bits per heavy atom. The van der Waals surface area contributed by atoms with Crippen molar-refractivity contribution < 1.29 is 28.5 Å². The maximum Gasteiger partial charge on any atom is 0.410 e. The van der Waals surface area contributed by atoms with Crippen molar-refractivity contribution in [3.8, 4) is 0 Å². The van der Waals surface area contributed by atoms with Gasteiger partial charge in [0, 0.05) is 25.9 Å². The molecule has 1 aliphatic rings. The third-order valence-corrected chi connectivity index (χ3v) is 4.73. The molecule has 9 heteroatoms. The van der Waals surface area contributed by atoms with Crippen molar-refractivity contribution in [2.24, 2.45) is 5.92 Å². The number of hydrogen-bond donors (Lipinski definition) is 0. The summed E-state index contributed by atoms with van der Waals surface area (Å²) < 4.78 is 23.0. The minimum Gasteiger partial charge on any atom is -0.465 e. The maximum atomic E-state index is 12.2. The van der Waals surface area contributed by atoms with Crippen LogP contribution < -0.4 is 0 Å². The topological polar surface area (TPSA) is 92.1 Å². The van der Waals surface area contributed by atoms with Gasteiger partial charge in [0.1, 0.15) is 5.60 Å². The van der Waals surface area contributed by atoms with Crippen LogP contribution in [-0.2, 0) is 25.5 Å². The molecule has 30 heavy (non-hydrogen) atoms. The van der Waals surface area contributed by atoms with Crippen molar-refractivity contribution >= 4 is 12.1 Å². The minimum atomic E-state index is -0.464. The zero-order valence-corrected chi connectivity index (χ0v) is 18.6. The number of piperidine rings is 1. The second kappa shape index (κ2) is 11.9. The summed E-state index contributed by atoms with van der Waals surface area (Å²) in [5.41, 5.74) is -0.0393. The minimum absolute atomic E-state index is 0.225. The molecular formula is C21H35N3O6. The number of hydrogen-bond acceptors (Lipinski definition) is 7. The average Bonchev–Trinajstić information content (AvgIpc) is 3.17. The summed E-state index contributed by atoms with van der Waals surface area (Å²) in [7, 11) is 1.34. The monoisotopic (exact) mass is 425 g/mol. The fourth-order valence-electron chi connectivity index (χ4n) is 3.23. The van der Waals surface area contributed by atoms with Gasteiger partial charge in [0.15, 0.2) is 0 Å². The van der Waals surface area contributed by atoms with Gasteiger partial charge in [-0.3, -0.25) is 4.68 Å². The molecule has 1 amide bonds. The van der Waals surface area contributed by atoms with Crippen molar-refractivity contribution in [1.29, 1.82) is 0 Å². The van der Waals surface area contributed by atoms with E-state index >= 15 is 0 Å². The third-order valence-electron chi connectivity index (χ3n) is 4.73. The fourth-order valence-corrected chi connectivity index (χ4v) is 3.23. The standard InChI is InChI=1S/C21H35N3O6/c1-21(2,3)30-20(26)23-8-5-6-17(15-23)7-10-28-12-13-29-11-9-24-16-18(14-22-24)19(25)27-4/h14,16-17H,5-13,15H2,1-4H3/t17-/m0/s1. The first kappa shape index (κ1) is 24.1. The van der Waals surface area contributed by atoms with Crippen LogP contribution in [0.5, 0.6) is 0 Å². The molecule has 2 rings (SSSR count). The molecule has 0 aromatic carbocycles. The average molecular weight is 426 g/mol. The van der Waals surface area contributed by atoms with Crippen LogP contribution in [0.2, 0.25) is 0 Å². The van der Waals surface area contributed by atoms with Gasteiger partial charge in [0.2, 0.25) is 0 Å². The molecule has 1 saturated heterocycles. The maximum absolute atomic E-state index is 12.2. The second-order valence-corrected chi connectivity index (χ2v) is 8.43. The predicted octanol–water partition coefficient (Wildman–Crippen LogP) is 2.74. The zero-order valence-electron chi connectivity index (χ0n) is 18.6. The van der Waals surface area contributed by atoms with E-state index in [4.69, 9.17) is 14.2 Å². The highest BCUT2D eigenvalue weighted by Crippen LogP contribution is 2.21. The molecule has 1 fully saturated rings. The van der Waals surface area contributed by atoms with E-state index in [2.05, 4.69) is 9.84 Å². The lowest BCUT2D eigenvalue weighted by atomic mass is 9.95. The molecule has 0 saturated carbocycles. The summed E-state index contributed by atoms with van der Waals surface area (Å²) in [4.78, 5) is 25.4. The van der Waals surface area contributed by atoms with E-state index in [9.17, 15) is 9.59 Å². The molecule has 1 aromatic heterocycles. The first-order chi connectivity index (χ1) is 14.3. The highest BCUT2D eigenvalue weighted by molar-refractivity contribution is 5.88. The van der Waals surface area contributed by atoms with Crippen molar-refractivity contribution in [2.75, 3.05) is 46.6 Å². The van der Waals surface area contributed by atoms with Crippen molar-refractivity contribution in [3.63, 3.8) is 0 Å². The Labute approximate surface area is 178 Å². The lowest BCUT2D eigenvalue weighted by Crippen LogP contribution is -2.43. The van der Waals surface area contributed by atoms with Crippen LogP contribution in [0.1, 0.15) is 50.4 Å². The predicted molar refractivity (Wildman–Crippen MR) is 110 cm³/mol. The normalized spacial score (nSPS) is 17.1. The van der Waals surface area contributed by atoms with E-state index in [1.165, 1.54) is 13.3 Å². The Balaban J connectivity index is 1.51. The van der Waals surface area contributed by atoms with Crippen LogP contribution in [0.25, 0.3) is 0 Å². The van der Waals surface area contributed by atoms with E-state index < -0.39 is 11.6 Å². The number of likely N-dealkylation sites (tertiary alicyclic amines) is 1. The van der Waals surface area contributed by atoms with Gasteiger partial charge in [0.25, 0.3) is 0 Å². The van der Waals surface area contributed by atoms with Crippen LogP contribution in [-0.4, -0.2) is 79.0 Å². The number of ether oxygens (including phenoxy) is 4. The summed E-state index contributed by atoms with van der Waals surface area (Å²) in [5, 5.41) is 4.09. The van der Waals surface area contributed by atoms with Crippen LogP contribution in [0.15, 0.2) is 12.4 Å². The van der Waals surface area contributed by atoms with Crippen LogP contribution in [0.4, 0.5) is 4.79 Å². The number of rotatable bonds is 10. The number of methoxy groups -OCH3 is 1. The van der Waals surface area contributed by atoms with Crippen LogP contribution >= 0.6 is 0 Å². The fraction of sp³-hybridized carbons (Fsp3) is 0.762. The van der Waals surface area contributed by atoms with Crippen LogP contribution in [0, 0.1) is 5.92 Å². The Hall–Kier alpha value is -2.13. The lowest BCUT2D eigenvalue weighted by Gasteiger charge is -2.34. The molecule has 0 aliphatic carbocycles. The van der Waals surface area contributed by atoms with Gasteiger partial charge in [-0.1, -0.05) is 0 Å². The van der Waals surface area contributed by atoms with Crippen LogP contribution in [0.3, 0.4) is 0 Å². The SMILES string of the molecule is COC(=O)c1cnn(CCOCCOCC[C@@H]2CCCN(C(=O)OC(C)(C)C)C2)c1. The molecule has 2 heterocycles. The van der Waals surface area contributed by atoms with Gasteiger partial charge in [-0.25, -0.2) is 9.59 Å². The summed E-state index contributed by atoms with van der Waals surface area (Å²) in [5.74, 6) is 0.0405. The number of carbonyl (C=O) groups is 2. The van der Waals surface area contributed by atoms with E-state index in [1.807, 2.05) is 25.7 Å². The molecule has 0 bridgehead atoms. The molecule has 0 spiro atoms. The molecule has 170 valence electrons. The van der Waals surface area contributed by atoms with Gasteiger partial charge < -0.3 is 23.8 Å². The Kier molecular flexibility index (Phi) is 9.58. The second-order valence-electron chi connectivity index (χ2n) is 8.43. The number of carbonyl (C=O) groups excluding carboxylic acids is 2. The van der Waals surface area contributed by atoms with Crippen molar-refractivity contribution in [2.45, 2.75) is 52.2 Å². The third kappa shape index (κ3) is 8.71. The number of esters is 1. The Morgan fingerprint density at radius 3 is 2.60 bits per heavy atom. The molecule has 9 nitrogen and oxygen atoms in total. The first-order valence-corrected chi connectivity index (χ1v) is 10.5. The molecule has 1 aliphatic heterocycles. The Morgan fingerprint density at radius 1 is 1.17 bits per heavy atom. The van der Waals surface area contributed by atoms with Gasteiger partial charge in [-0.05, 0) is 46.0 Å². The Bertz CT molecular complexity index is 670. The molecule has 0 N–H and O–H groups in total. The summed E-state index contributed by atoms with van der Waals surface area (Å²) in [6.07, 6.45) is 5.91. The largest absolute Gasteiger partial charge is 0.465 e. The van der Waals surface area contributed by atoms with E-state index in [0.29, 0.717) is 44.5 Å². The number of amides is 1. The van der Waals surface area contributed by atoms with Crippen molar-refractivity contribution in [1.82, 2.24) is 14.7 Å². The van der Waals surface area contributed by atoms with E-state index in [1.54, 1.807) is 10.9 Å². The van der Waals surface area contributed by atoms with Gasteiger partial charge in [-0.15, -0.1) is 0 Å². The summed E-state index contributed by atoms with van der Waals surface area (Å²) in [6.45, 7) is 9.86. The molecular weight excluding hydrogens is 390 g/mol. The number of nitrogens with zero attached hydrogens (tertiary/aromatic N) is 3.